The molecule has 2 atom stereocenters. The Balaban J connectivity index is 1.90. The Morgan fingerprint density at radius 2 is 2.08 bits per heavy atom. The molecule has 1 aliphatic carbocycles. The van der Waals surface area contributed by atoms with Gasteiger partial charge in [-0.1, -0.05) is 19.1 Å². The molecule has 2 unspecified atom stereocenters. The number of hydrogen-bond acceptors (Lipinski definition) is 3. The van der Waals surface area contributed by atoms with Crippen LogP contribution in [0.15, 0.2) is 18.2 Å². The second kappa shape index (κ2) is 9.81. The number of hydrogen-bond donors (Lipinski definition) is 1. The van der Waals surface area contributed by atoms with Crippen LogP contribution in [0.4, 0.5) is 0 Å². The number of rotatable bonds is 9. The zero-order valence-corrected chi connectivity index (χ0v) is 16.3. The second-order valence-electron chi connectivity index (χ2n) is 6.91. The Hall–Kier alpha value is -1.55. The fourth-order valence-corrected chi connectivity index (χ4v) is 3.86. The Labute approximate surface area is 152 Å². The van der Waals surface area contributed by atoms with Crippen molar-refractivity contribution >= 4 is 5.91 Å². The van der Waals surface area contributed by atoms with Gasteiger partial charge in [-0.25, -0.2) is 0 Å². The first kappa shape index (κ1) is 19.8. The van der Waals surface area contributed by atoms with E-state index < -0.39 is 0 Å². The predicted molar refractivity (Wildman–Crippen MR) is 103 cm³/mol. The van der Waals surface area contributed by atoms with Gasteiger partial charge in [0.1, 0.15) is 5.75 Å². The van der Waals surface area contributed by atoms with E-state index >= 15 is 0 Å². The van der Waals surface area contributed by atoms with E-state index in [2.05, 4.69) is 30.4 Å². The number of fused-ring (bicyclic) bond motifs is 1. The van der Waals surface area contributed by atoms with Crippen LogP contribution < -0.4 is 10.1 Å². The Bertz CT molecular complexity index is 541. The van der Waals surface area contributed by atoms with Gasteiger partial charge in [-0.05, 0) is 63.1 Å². The van der Waals surface area contributed by atoms with Crippen LogP contribution in [-0.2, 0) is 17.6 Å². The molecule has 1 N–H and O–H groups in total. The highest BCUT2D eigenvalue weighted by Gasteiger charge is 2.23. The van der Waals surface area contributed by atoms with Gasteiger partial charge in [0, 0.05) is 31.6 Å². The normalized spacial score (nSPS) is 17.7. The molecule has 0 aliphatic heterocycles. The molecule has 4 heteroatoms. The van der Waals surface area contributed by atoms with E-state index in [1.807, 2.05) is 18.7 Å². The lowest BCUT2D eigenvalue weighted by Crippen LogP contribution is -2.42. The van der Waals surface area contributed by atoms with E-state index in [-0.39, 0.29) is 5.91 Å². The summed E-state index contributed by atoms with van der Waals surface area (Å²) in [5.74, 6) is 1.29. The van der Waals surface area contributed by atoms with E-state index in [9.17, 15) is 4.79 Å². The fourth-order valence-electron chi connectivity index (χ4n) is 3.86. The summed E-state index contributed by atoms with van der Waals surface area (Å²) >= 11 is 0. The summed E-state index contributed by atoms with van der Waals surface area (Å²) in [6, 6.07) is 7.23. The van der Waals surface area contributed by atoms with Gasteiger partial charge in [0.05, 0.1) is 7.11 Å². The number of benzene rings is 1. The number of nitrogens with one attached hydrogen (secondary N) is 1. The number of carbonyl (C=O) groups excluding carboxylic acids is 1. The average molecular weight is 347 g/mol. The van der Waals surface area contributed by atoms with Gasteiger partial charge in [0.15, 0.2) is 0 Å². The third-order valence-electron chi connectivity index (χ3n) is 5.45. The molecule has 140 valence electrons. The summed E-state index contributed by atoms with van der Waals surface area (Å²) in [4.78, 5) is 14.2. The first-order valence-electron chi connectivity index (χ1n) is 9.81. The minimum atomic E-state index is 0.279. The quantitative estimate of drug-likeness (QED) is 0.743. The highest BCUT2D eigenvalue weighted by molar-refractivity contribution is 5.76. The van der Waals surface area contributed by atoms with E-state index in [4.69, 9.17) is 4.74 Å². The number of carbonyl (C=O) groups is 1. The highest BCUT2D eigenvalue weighted by Crippen LogP contribution is 2.29. The zero-order valence-electron chi connectivity index (χ0n) is 16.3. The summed E-state index contributed by atoms with van der Waals surface area (Å²) < 4.78 is 5.54. The SMILES string of the molecule is CCC(CCC(=O)N(CC)CC)NC1CCc2cccc(OC)c2C1. The van der Waals surface area contributed by atoms with Gasteiger partial charge in [-0.3, -0.25) is 4.79 Å². The fraction of sp³-hybridized carbons (Fsp3) is 0.667. The minimum absolute atomic E-state index is 0.279. The maximum Gasteiger partial charge on any atom is 0.222 e. The molecule has 25 heavy (non-hydrogen) atoms. The van der Waals surface area contributed by atoms with Crippen LogP contribution in [0.2, 0.25) is 0 Å². The molecule has 1 aromatic rings. The van der Waals surface area contributed by atoms with Crippen LogP contribution in [0.25, 0.3) is 0 Å². The van der Waals surface area contributed by atoms with Crippen LogP contribution in [0.3, 0.4) is 0 Å². The molecule has 0 bridgehead atoms. The largest absolute Gasteiger partial charge is 0.496 e. The number of methoxy groups -OCH3 is 1. The van der Waals surface area contributed by atoms with Crippen LogP contribution >= 0.6 is 0 Å². The second-order valence-corrected chi connectivity index (χ2v) is 6.91. The molecule has 1 aromatic carbocycles. The van der Waals surface area contributed by atoms with Crippen molar-refractivity contribution in [2.75, 3.05) is 20.2 Å². The monoisotopic (exact) mass is 346 g/mol. The van der Waals surface area contributed by atoms with Crippen molar-refractivity contribution in [3.63, 3.8) is 0 Å². The van der Waals surface area contributed by atoms with E-state index in [1.54, 1.807) is 7.11 Å². The first-order valence-corrected chi connectivity index (χ1v) is 9.81. The Morgan fingerprint density at radius 1 is 1.32 bits per heavy atom. The minimum Gasteiger partial charge on any atom is -0.496 e. The van der Waals surface area contributed by atoms with Crippen molar-refractivity contribution < 1.29 is 9.53 Å². The molecule has 1 aliphatic rings. The first-order chi connectivity index (χ1) is 12.1. The van der Waals surface area contributed by atoms with Crippen LogP contribution in [0, 0.1) is 0 Å². The average Bonchev–Trinajstić information content (AvgIpc) is 2.65. The van der Waals surface area contributed by atoms with Crippen LogP contribution in [0.1, 0.15) is 57.6 Å². The van der Waals surface area contributed by atoms with Crippen LogP contribution in [0.5, 0.6) is 5.75 Å². The standard InChI is InChI=1S/C21H34N2O2/c1-5-17(13-14-21(24)23(6-2)7-3)22-18-12-11-16-9-8-10-20(25-4)19(16)15-18/h8-10,17-18,22H,5-7,11-15H2,1-4H3. The van der Waals surface area contributed by atoms with E-state index in [0.29, 0.717) is 18.5 Å². The van der Waals surface area contributed by atoms with Gasteiger partial charge in [0.2, 0.25) is 5.91 Å². The molecular weight excluding hydrogens is 312 g/mol. The molecule has 0 saturated carbocycles. The summed E-state index contributed by atoms with van der Waals surface area (Å²) in [7, 11) is 1.75. The maximum absolute atomic E-state index is 12.2. The molecule has 1 amide bonds. The lowest BCUT2D eigenvalue weighted by molar-refractivity contribution is -0.131. The van der Waals surface area contributed by atoms with E-state index in [1.165, 1.54) is 11.1 Å². The number of amides is 1. The molecular formula is C21H34N2O2. The molecule has 0 spiro atoms. The van der Waals surface area contributed by atoms with Crippen molar-refractivity contribution in [2.45, 2.75) is 71.4 Å². The Kier molecular flexibility index (Phi) is 7.76. The van der Waals surface area contributed by atoms with Crippen molar-refractivity contribution in [1.29, 1.82) is 0 Å². The highest BCUT2D eigenvalue weighted by atomic mass is 16.5. The molecule has 4 nitrogen and oxygen atoms in total. The summed E-state index contributed by atoms with van der Waals surface area (Å²) in [5.41, 5.74) is 2.77. The van der Waals surface area contributed by atoms with Crippen LogP contribution in [-0.4, -0.2) is 43.1 Å². The van der Waals surface area contributed by atoms with Gasteiger partial charge < -0.3 is 15.0 Å². The topological polar surface area (TPSA) is 41.6 Å². The molecule has 0 fully saturated rings. The lowest BCUT2D eigenvalue weighted by atomic mass is 9.87. The third kappa shape index (κ3) is 5.21. The summed E-state index contributed by atoms with van der Waals surface area (Å²) in [5, 5.41) is 3.80. The molecule has 2 rings (SSSR count). The number of aryl methyl sites for hydroxylation is 1. The van der Waals surface area contributed by atoms with Gasteiger partial charge >= 0.3 is 0 Å². The molecule has 0 aromatic heterocycles. The van der Waals surface area contributed by atoms with Gasteiger partial charge in [-0.15, -0.1) is 0 Å². The maximum atomic E-state index is 12.2. The van der Waals surface area contributed by atoms with Gasteiger partial charge in [0.25, 0.3) is 0 Å². The van der Waals surface area contributed by atoms with Crippen molar-refractivity contribution in [1.82, 2.24) is 10.2 Å². The third-order valence-corrected chi connectivity index (χ3v) is 5.45. The summed E-state index contributed by atoms with van der Waals surface area (Å²) in [6.45, 7) is 7.90. The predicted octanol–water partition coefficient (Wildman–Crippen LogP) is 3.57. The molecule has 0 saturated heterocycles. The Morgan fingerprint density at radius 3 is 2.72 bits per heavy atom. The molecule has 0 heterocycles. The van der Waals surface area contributed by atoms with Crippen molar-refractivity contribution in [3.8, 4) is 5.75 Å². The lowest BCUT2D eigenvalue weighted by Gasteiger charge is -2.30. The van der Waals surface area contributed by atoms with Crippen molar-refractivity contribution in [2.24, 2.45) is 0 Å². The van der Waals surface area contributed by atoms with Gasteiger partial charge in [-0.2, -0.15) is 0 Å². The number of ether oxygens (including phenoxy) is 1. The van der Waals surface area contributed by atoms with E-state index in [0.717, 1.165) is 50.9 Å². The van der Waals surface area contributed by atoms with Crippen molar-refractivity contribution in [3.05, 3.63) is 29.3 Å². The molecule has 0 radical (unpaired) electrons. The summed E-state index contributed by atoms with van der Waals surface area (Å²) in [6.07, 6.45) is 5.88. The number of nitrogens with zero attached hydrogens (tertiary/aromatic N) is 1. The zero-order chi connectivity index (χ0) is 18.2. The smallest absolute Gasteiger partial charge is 0.222 e.